The first-order valence-electron chi connectivity index (χ1n) is 7.05. The number of carbonyl (C=O) groups is 1. The highest BCUT2D eigenvalue weighted by molar-refractivity contribution is 6.33. The van der Waals surface area contributed by atoms with Crippen molar-refractivity contribution in [3.8, 4) is 0 Å². The van der Waals surface area contributed by atoms with Gasteiger partial charge in [-0.15, -0.1) is 0 Å². The molecule has 1 fully saturated rings. The maximum absolute atomic E-state index is 11.6. The molecular formula is C15H20ClN3O. The Balaban J connectivity index is 1.70. The van der Waals surface area contributed by atoms with Gasteiger partial charge in [-0.1, -0.05) is 49.1 Å². The molecule has 0 aliphatic heterocycles. The lowest BCUT2D eigenvalue weighted by Crippen LogP contribution is -2.38. The van der Waals surface area contributed by atoms with Crippen molar-refractivity contribution in [3.05, 3.63) is 34.9 Å². The third-order valence-corrected chi connectivity index (χ3v) is 3.80. The van der Waals surface area contributed by atoms with Gasteiger partial charge in [0.15, 0.2) is 0 Å². The average Bonchev–Trinajstić information content (AvgIpc) is 2.48. The molecule has 1 amide bonds. The fourth-order valence-electron chi connectivity index (χ4n) is 2.34. The van der Waals surface area contributed by atoms with Crippen LogP contribution in [0.25, 0.3) is 0 Å². The summed E-state index contributed by atoms with van der Waals surface area (Å²) in [5, 5.41) is 7.80. The number of hydrazone groups is 1. The molecule has 1 aromatic carbocycles. The molecule has 0 heterocycles. The van der Waals surface area contributed by atoms with Gasteiger partial charge in [0.1, 0.15) is 0 Å². The Morgan fingerprint density at radius 3 is 2.80 bits per heavy atom. The molecular weight excluding hydrogens is 274 g/mol. The molecule has 0 saturated heterocycles. The minimum Gasteiger partial charge on any atom is -0.306 e. The maximum Gasteiger partial charge on any atom is 0.254 e. The van der Waals surface area contributed by atoms with Gasteiger partial charge in [0, 0.05) is 16.6 Å². The first kappa shape index (κ1) is 15.0. The molecule has 4 nitrogen and oxygen atoms in total. The predicted octanol–water partition coefficient (Wildman–Crippen LogP) is 2.71. The fraction of sp³-hybridized carbons (Fsp3) is 0.467. The number of hydrogen-bond donors (Lipinski definition) is 2. The maximum atomic E-state index is 11.6. The predicted molar refractivity (Wildman–Crippen MR) is 82.1 cm³/mol. The van der Waals surface area contributed by atoms with Crippen LogP contribution in [0.1, 0.15) is 37.7 Å². The van der Waals surface area contributed by atoms with Crippen LogP contribution in [-0.4, -0.2) is 24.7 Å². The molecule has 1 aromatic rings. The molecule has 5 heteroatoms. The summed E-state index contributed by atoms with van der Waals surface area (Å²) in [4.78, 5) is 11.6. The number of halogens is 1. The van der Waals surface area contributed by atoms with Crippen molar-refractivity contribution in [2.75, 3.05) is 6.54 Å². The normalized spacial score (nSPS) is 16.4. The molecule has 0 aromatic heterocycles. The molecule has 0 atom stereocenters. The number of carbonyl (C=O) groups excluding carboxylic acids is 1. The van der Waals surface area contributed by atoms with Crippen LogP contribution in [-0.2, 0) is 4.79 Å². The molecule has 0 bridgehead atoms. The minimum atomic E-state index is -0.126. The third kappa shape index (κ3) is 4.94. The Hall–Kier alpha value is -1.39. The van der Waals surface area contributed by atoms with E-state index in [1.54, 1.807) is 12.3 Å². The van der Waals surface area contributed by atoms with Gasteiger partial charge in [0.2, 0.25) is 0 Å². The summed E-state index contributed by atoms with van der Waals surface area (Å²) in [5.41, 5.74) is 3.29. The van der Waals surface area contributed by atoms with Crippen LogP contribution in [0.2, 0.25) is 5.02 Å². The highest BCUT2D eigenvalue weighted by Crippen LogP contribution is 2.17. The van der Waals surface area contributed by atoms with Crippen molar-refractivity contribution < 1.29 is 4.79 Å². The van der Waals surface area contributed by atoms with E-state index < -0.39 is 0 Å². The van der Waals surface area contributed by atoms with Gasteiger partial charge in [-0.2, -0.15) is 5.10 Å². The molecule has 108 valence electrons. The Morgan fingerprint density at radius 1 is 1.30 bits per heavy atom. The van der Waals surface area contributed by atoms with Crippen LogP contribution in [0.5, 0.6) is 0 Å². The lowest BCUT2D eigenvalue weighted by molar-refractivity contribution is -0.120. The zero-order valence-electron chi connectivity index (χ0n) is 11.4. The lowest BCUT2D eigenvalue weighted by Gasteiger charge is -2.22. The number of amides is 1. The summed E-state index contributed by atoms with van der Waals surface area (Å²) in [5.74, 6) is -0.126. The van der Waals surface area contributed by atoms with Crippen molar-refractivity contribution in [2.24, 2.45) is 5.10 Å². The van der Waals surface area contributed by atoms with E-state index in [1.807, 2.05) is 18.2 Å². The smallest absolute Gasteiger partial charge is 0.254 e. The second-order valence-electron chi connectivity index (χ2n) is 5.03. The minimum absolute atomic E-state index is 0.126. The van der Waals surface area contributed by atoms with Crippen LogP contribution in [0.15, 0.2) is 29.4 Å². The molecule has 1 saturated carbocycles. The first-order chi connectivity index (χ1) is 9.75. The van der Waals surface area contributed by atoms with Gasteiger partial charge < -0.3 is 5.32 Å². The van der Waals surface area contributed by atoms with Gasteiger partial charge in [0.05, 0.1) is 12.8 Å². The highest BCUT2D eigenvalue weighted by atomic mass is 35.5. The lowest BCUT2D eigenvalue weighted by atomic mass is 9.95. The van der Waals surface area contributed by atoms with Gasteiger partial charge >= 0.3 is 0 Å². The van der Waals surface area contributed by atoms with Crippen LogP contribution in [0.4, 0.5) is 0 Å². The topological polar surface area (TPSA) is 53.5 Å². The zero-order valence-corrected chi connectivity index (χ0v) is 12.2. The van der Waals surface area contributed by atoms with E-state index in [9.17, 15) is 4.79 Å². The summed E-state index contributed by atoms with van der Waals surface area (Å²) in [6.45, 7) is 0.310. The van der Waals surface area contributed by atoms with Crippen LogP contribution < -0.4 is 10.7 Å². The van der Waals surface area contributed by atoms with Gasteiger partial charge in [-0.25, -0.2) is 5.43 Å². The third-order valence-electron chi connectivity index (χ3n) is 3.45. The van der Waals surface area contributed by atoms with E-state index in [-0.39, 0.29) is 5.91 Å². The Labute approximate surface area is 124 Å². The standard InChI is InChI=1S/C15H20ClN3O/c16-14-9-5-4-6-12(14)10-18-19-15(20)11-17-13-7-2-1-3-8-13/h4-6,9-10,13,17H,1-3,7-8,11H2,(H,19,20)/b18-10-. The second kappa shape index (κ2) is 8.02. The summed E-state index contributed by atoms with van der Waals surface area (Å²) in [6.07, 6.45) is 7.70. The van der Waals surface area contributed by atoms with E-state index in [0.717, 1.165) is 18.4 Å². The molecule has 2 N–H and O–H groups in total. The molecule has 0 radical (unpaired) electrons. The molecule has 0 spiro atoms. The van der Waals surface area contributed by atoms with Crippen molar-refractivity contribution in [1.82, 2.24) is 10.7 Å². The largest absolute Gasteiger partial charge is 0.306 e. The number of benzene rings is 1. The summed E-state index contributed by atoms with van der Waals surface area (Å²) >= 11 is 5.99. The molecule has 1 aliphatic carbocycles. The zero-order chi connectivity index (χ0) is 14.2. The van der Waals surface area contributed by atoms with Crippen molar-refractivity contribution in [2.45, 2.75) is 38.1 Å². The Morgan fingerprint density at radius 2 is 2.05 bits per heavy atom. The first-order valence-corrected chi connectivity index (χ1v) is 7.43. The highest BCUT2D eigenvalue weighted by Gasteiger charge is 2.13. The monoisotopic (exact) mass is 293 g/mol. The summed E-state index contributed by atoms with van der Waals surface area (Å²) in [7, 11) is 0. The average molecular weight is 294 g/mol. The second-order valence-corrected chi connectivity index (χ2v) is 5.44. The van der Waals surface area contributed by atoms with Crippen molar-refractivity contribution >= 4 is 23.7 Å². The summed E-state index contributed by atoms with van der Waals surface area (Å²) in [6, 6.07) is 7.83. The fourth-order valence-corrected chi connectivity index (χ4v) is 2.52. The number of nitrogens with zero attached hydrogens (tertiary/aromatic N) is 1. The van der Waals surface area contributed by atoms with E-state index in [2.05, 4.69) is 15.8 Å². The van der Waals surface area contributed by atoms with Crippen molar-refractivity contribution in [1.29, 1.82) is 0 Å². The van der Waals surface area contributed by atoms with E-state index in [1.165, 1.54) is 19.3 Å². The van der Waals surface area contributed by atoms with E-state index in [4.69, 9.17) is 11.6 Å². The summed E-state index contributed by atoms with van der Waals surface area (Å²) < 4.78 is 0. The molecule has 0 unspecified atom stereocenters. The van der Waals surface area contributed by atoms with Gasteiger partial charge in [0.25, 0.3) is 5.91 Å². The van der Waals surface area contributed by atoms with Crippen LogP contribution in [0.3, 0.4) is 0 Å². The van der Waals surface area contributed by atoms with Crippen molar-refractivity contribution in [3.63, 3.8) is 0 Å². The van der Waals surface area contributed by atoms with Crippen LogP contribution >= 0.6 is 11.6 Å². The number of rotatable bonds is 5. The Bertz CT molecular complexity index is 470. The SMILES string of the molecule is O=C(CNC1CCCCC1)N/N=C\c1ccccc1Cl. The quantitative estimate of drug-likeness (QED) is 0.648. The number of nitrogens with one attached hydrogen (secondary N) is 2. The van der Waals surface area contributed by atoms with Gasteiger partial charge in [-0.3, -0.25) is 4.79 Å². The van der Waals surface area contributed by atoms with Crippen LogP contribution in [0, 0.1) is 0 Å². The number of hydrogen-bond acceptors (Lipinski definition) is 3. The Kier molecular flexibility index (Phi) is 6.02. The van der Waals surface area contributed by atoms with E-state index in [0.29, 0.717) is 17.6 Å². The molecule has 2 rings (SSSR count). The van der Waals surface area contributed by atoms with E-state index >= 15 is 0 Å². The molecule has 1 aliphatic rings. The van der Waals surface area contributed by atoms with Gasteiger partial charge in [-0.05, 0) is 18.9 Å². The molecule has 20 heavy (non-hydrogen) atoms.